The molecular formula is C18H18N2O4. The largest absolute Gasteiger partial charge is 0.481 e. The van der Waals surface area contributed by atoms with Gasteiger partial charge in [-0.3, -0.25) is 9.59 Å². The summed E-state index contributed by atoms with van der Waals surface area (Å²) in [5, 5.41) is 14.6. The number of hydrazone groups is 1. The second-order valence-corrected chi connectivity index (χ2v) is 5.79. The van der Waals surface area contributed by atoms with Gasteiger partial charge in [0.25, 0.3) is 0 Å². The van der Waals surface area contributed by atoms with Gasteiger partial charge in [0.1, 0.15) is 11.5 Å². The fourth-order valence-corrected chi connectivity index (χ4v) is 2.71. The lowest BCUT2D eigenvalue weighted by atomic mass is 9.99. The highest BCUT2D eigenvalue weighted by Crippen LogP contribution is 2.33. The number of hydrogen-bond acceptors (Lipinski definition) is 4. The molecule has 0 fully saturated rings. The van der Waals surface area contributed by atoms with Gasteiger partial charge in [0.05, 0.1) is 18.7 Å². The van der Waals surface area contributed by atoms with Crippen LogP contribution in [-0.4, -0.2) is 27.7 Å². The topological polar surface area (TPSA) is 83.1 Å². The molecule has 6 heteroatoms. The number of carboxylic acid groups (broad SMARTS) is 1. The zero-order chi connectivity index (χ0) is 17.1. The van der Waals surface area contributed by atoms with Crippen molar-refractivity contribution in [1.29, 1.82) is 0 Å². The Morgan fingerprint density at radius 2 is 2.00 bits per heavy atom. The van der Waals surface area contributed by atoms with Crippen molar-refractivity contribution in [2.45, 2.75) is 32.2 Å². The van der Waals surface area contributed by atoms with E-state index >= 15 is 0 Å². The van der Waals surface area contributed by atoms with Gasteiger partial charge in [-0.2, -0.15) is 5.10 Å². The predicted octanol–water partition coefficient (Wildman–Crippen LogP) is 3.13. The van der Waals surface area contributed by atoms with Crippen LogP contribution in [0, 0.1) is 6.92 Å². The van der Waals surface area contributed by atoms with E-state index in [1.165, 1.54) is 5.01 Å². The maximum absolute atomic E-state index is 12.4. The number of rotatable bonds is 5. The molecule has 3 rings (SSSR count). The first-order valence-electron chi connectivity index (χ1n) is 7.76. The summed E-state index contributed by atoms with van der Waals surface area (Å²) in [6, 6.07) is 11.2. The van der Waals surface area contributed by atoms with Crippen molar-refractivity contribution in [3.05, 3.63) is 59.5 Å². The fraction of sp³-hybridized carbons (Fsp3) is 0.278. The summed E-state index contributed by atoms with van der Waals surface area (Å²) in [6.07, 6.45) is 1.82. The van der Waals surface area contributed by atoms with E-state index in [2.05, 4.69) is 5.10 Å². The molecule has 1 aromatic carbocycles. The maximum Gasteiger partial charge on any atom is 0.303 e. The number of nitrogens with zero attached hydrogens (tertiary/aromatic N) is 2. The molecule has 2 heterocycles. The van der Waals surface area contributed by atoms with Crippen molar-refractivity contribution in [3.8, 4) is 0 Å². The van der Waals surface area contributed by atoms with Crippen LogP contribution in [0.5, 0.6) is 0 Å². The zero-order valence-electron chi connectivity index (χ0n) is 13.3. The summed E-state index contributed by atoms with van der Waals surface area (Å²) in [5.74, 6) is -0.671. The van der Waals surface area contributed by atoms with Crippen molar-refractivity contribution >= 4 is 17.6 Å². The lowest BCUT2D eigenvalue weighted by Gasteiger charge is -2.22. The van der Waals surface area contributed by atoms with Crippen LogP contribution in [0.25, 0.3) is 0 Å². The normalized spacial score (nSPS) is 17.0. The molecule has 0 saturated heterocycles. The van der Waals surface area contributed by atoms with Crippen molar-refractivity contribution in [3.63, 3.8) is 0 Å². The molecule has 0 unspecified atom stereocenters. The fourth-order valence-electron chi connectivity index (χ4n) is 2.71. The molecule has 1 aromatic heterocycles. The second-order valence-electron chi connectivity index (χ2n) is 5.79. The number of benzene rings is 1. The van der Waals surface area contributed by atoms with Crippen LogP contribution in [0.2, 0.25) is 0 Å². The standard InChI is InChI=1S/C18H18N2O4/c1-12-4-6-13(7-5-12)15-11-14(16-3-2-10-24-16)19-20(15)17(21)8-9-18(22)23/h2-7,10,15H,8-9,11H2,1H3,(H,22,23)/t15-/m0/s1. The molecule has 2 aromatic rings. The van der Waals surface area contributed by atoms with Crippen molar-refractivity contribution < 1.29 is 19.1 Å². The molecule has 1 atom stereocenters. The first kappa shape index (κ1) is 16.0. The SMILES string of the molecule is Cc1ccc([C@@H]2CC(c3ccco3)=NN2C(=O)CCC(=O)O)cc1. The van der Waals surface area contributed by atoms with Crippen LogP contribution in [0.4, 0.5) is 0 Å². The van der Waals surface area contributed by atoms with Crippen molar-refractivity contribution in [1.82, 2.24) is 5.01 Å². The van der Waals surface area contributed by atoms with Gasteiger partial charge in [0, 0.05) is 12.8 Å². The molecule has 1 N–H and O–H groups in total. The van der Waals surface area contributed by atoms with Crippen LogP contribution in [-0.2, 0) is 9.59 Å². The van der Waals surface area contributed by atoms with E-state index in [0.717, 1.165) is 11.1 Å². The van der Waals surface area contributed by atoms with Gasteiger partial charge in [0.2, 0.25) is 5.91 Å². The van der Waals surface area contributed by atoms with Crippen LogP contribution in [0.3, 0.4) is 0 Å². The Morgan fingerprint density at radius 3 is 2.62 bits per heavy atom. The number of hydrogen-bond donors (Lipinski definition) is 1. The predicted molar refractivity (Wildman–Crippen MR) is 87.5 cm³/mol. The van der Waals surface area contributed by atoms with Gasteiger partial charge >= 0.3 is 5.97 Å². The molecule has 0 spiro atoms. The molecule has 6 nitrogen and oxygen atoms in total. The van der Waals surface area contributed by atoms with E-state index in [-0.39, 0.29) is 24.8 Å². The highest BCUT2D eigenvalue weighted by molar-refractivity contribution is 6.01. The maximum atomic E-state index is 12.4. The quantitative estimate of drug-likeness (QED) is 0.915. The van der Waals surface area contributed by atoms with Gasteiger partial charge in [-0.15, -0.1) is 0 Å². The van der Waals surface area contributed by atoms with Crippen LogP contribution < -0.4 is 0 Å². The monoisotopic (exact) mass is 326 g/mol. The van der Waals surface area contributed by atoms with Crippen LogP contribution >= 0.6 is 0 Å². The number of aliphatic carboxylic acids is 1. The lowest BCUT2D eigenvalue weighted by molar-refractivity contribution is -0.141. The molecule has 0 saturated carbocycles. The van der Waals surface area contributed by atoms with Gasteiger partial charge in [-0.25, -0.2) is 5.01 Å². The van der Waals surface area contributed by atoms with E-state index in [4.69, 9.17) is 9.52 Å². The molecule has 0 aliphatic carbocycles. The smallest absolute Gasteiger partial charge is 0.303 e. The Morgan fingerprint density at radius 1 is 1.25 bits per heavy atom. The second kappa shape index (κ2) is 6.70. The third kappa shape index (κ3) is 3.37. The van der Waals surface area contributed by atoms with E-state index in [1.807, 2.05) is 31.2 Å². The van der Waals surface area contributed by atoms with Crippen LogP contribution in [0.1, 0.15) is 42.2 Å². The summed E-state index contributed by atoms with van der Waals surface area (Å²) in [4.78, 5) is 23.2. The van der Waals surface area contributed by atoms with Gasteiger partial charge in [-0.05, 0) is 24.6 Å². The minimum absolute atomic E-state index is 0.0768. The van der Waals surface area contributed by atoms with E-state index < -0.39 is 5.97 Å². The van der Waals surface area contributed by atoms with Gasteiger partial charge in [0.15, 0.2) is 0 Å². The summed E-state index contributed by atoms with van der Waals surface area (Å²) in [6.45, 7) is 2.00. The summed E-state index contributed by atoms with van der Waals surface area (Å²) < 4.78 is 5.38. The van der Waals surface area contributed by atoms with Crippen molar-refractivity contribution in [2.75, 3.05) is 0 Å². The molecule has 0 bridgehead atoms. The number of aryl methyl sites for hydroxylation is 1. The minimum atomic E-state index is -0.996. The molecule has 1 aliphatic heterocycles. The zero-order valence-corrected chi connectivity index (χ0v) is 13.3. The first-order valence-corrected chi connectivity index (χ1v) is 7.76. The molecule has 24 heavy (non-hydrogen) atoms. The van der Waals surface area contributed by atoms with E-state index in [0.29, 0.717) is 17.9 Å². The van der Waals surface area contributed by atoms with Crippen molar-refractivity contribution in [2.24, 2.45) is 5.10 Å². The third-order valence-corrected chi connectivity index (χ3v) is 3.99. The Bertz CT molecular complexity index is 763. The minimum Gasteiger partial charge on any atom is -0.481 e. The summed E-state index contributed by atoms with van der Waals surface area (Å²) in [5.41, 5.74) is 2.79. The van der Waals surface area contributed by atoms with Gasteiger partial charge in [-0.1, -0.05) is 29.8 Å². The molecule has 1 amide bonds. The van der Waals surface area contributed by atoms with Crippen LogP contribution in [0.15, 0.2) is 52.2 Å². The average Bonchev–Trinajstić information content (AvgIpc) is 3.22. The number of amides is 1. The first-order chi connectivity index (χ1) is 11.5. The molecule has 0 radical (unpaired) electrons. The number of carbonyl (C=O) groups is 2. The molecule has 1 aliphatic rings. The Kier molecular flexibility index (Phi) is 4.46. The van der Waals surface area contributed by atoms with E-state index in [9.17, 15) is 9.59 Å². The summed E-state index contributed by atoms with van der Waals surface area (Å²) in [7, 11) is 0. The summed E-state index contributed by atoms with van der Waals surface area (Å²) >= 11 is 0. The van der Waals surface area contributed by atoms with Gasteiger partial charge < -0.3 is 9.52 Å². The molecule has 124 valence electrons. The highest BCUT2D eigenvalue weighted by atomic mass is 16.4. The average molecular weight is 326 g/mol. The molecular weight excluding hydrogens is 308 g/mol. The lowest BCUT2D eigenvalue weighted by Crippen LogP contribution is -2.27. The Labute approximate surface area is 139 Å². The highest BCUT2D eigenvalue weighted by Gasteiger charge is 2.33. The number of carbonyl (C=O) groups excluding carboxylic acids is 1. The third-order valence-electron chi connectivity index (χ3n) is 3.99. The van der Waals surface area contributed by atoms with E-state index in [1.54, 1.807) is 18.4 Å². The number of carboxylic acids is 1. The Balaban J connectivity index is 1.87. The Hall–Kier alpha value is -2.89. The number of furan rings is 1.